The Hall–Kier alpha value is -0.292. The van der Waals surface area contributed by atoms with Crippen molar-refractivity contribution in [2.24, 2.45) is 5.73 Å². The largest absolute Gasteiger partial charge is 0.330 e. The van der Waals surface area contributed by atoms with E-state index in [1.54, 1.807) is 26.8 Å². The third kappa shape index (κ3) is 15.8. The molecule has 212 valence electrons. The SMILES string of the molecule is C.C=CCS.C[SiH](C)c1ccc([SiH](C)C)cc1.C[Si](C)(CCCN)c1ccc([Si](C)(C)CCCS)cc1. The van der Waals surface area contributed by atoms with Crippen LogP contribution < -0.4 is 26.5 Å². The Labute approximate surface area is 248 Å². The summed E-state index contributed by atoms with van der Waals surface area (Å²) in [6.45, 7) is 23.6. The summed E-state index contributed by atoms with van der Waals surface area (Å²) in [6.07, 6.45) is 4.13. The summed E-state index contributed by atoms with van der Waals surface area (Å²) in [5, 5.41) is 6.35. The van der Waals surface area contributed by atoms with Crippen molar-refractivity contribution in [3.63, 3.8) is 0 Å². The lowest BCUT2D eigenvalue weighted by molar-refractivity contribution is 0.915. The van der Waals surface area contributed by atoms with Gasteiger partial charge in [-0.2, -0.15) is 25.3 Å². The quantitative estimate of drug-likeness (QED) is 0.163. The predicted octanol–water partition coefficient (Wildman–Crippen LogP) is 6.00. The summed E-state index contributed by atoms with van der Waals surface area (Å²) in [4.78, 5) is 0. The third-order valence-corrected chi connectivity index (χ3v) is 17.8. The van der Waals surface area contributed by atoms with Crippen LogP contribution in [0.25, 0.3) is 0 Å². The summed E-state index contributed by atoms with van der Waals surface area (Å²) in [7, 11) is -3.68. The van der Waals surface area contributed by atoms with Gasteiger partial charge in [-0.15, -0.1) is 6.58 Å². The highest BCUT2D eigenvalue weighted by Gasteiger charge is 2.25. The van der Waals surface area contributed by atoms with Crippen molar-refractivity contribution in [2.45, 2.75) is 84.7 Å². The highest BCUT2D eigenvalue weighted by molar-refractivity contribution is 7.80. The van der Waals surface area contributed by atoms with Gasteiger partial charge in [0.15, 0.2) is 0 Å². The van der Waals surface area contributed by atoms with E-state index in [1.807, 2.05) is 0 Å². The fourth-order valence-electron chi connectivity index (χ4n) is 3.99. The molecule has 0 fully saturated rings. The van der Waals surface area contributed by atoms with Crippen LogP contribution in [0.4, 0.5) is 0 Å². The lowest BCUT2D eigenvalue weighted by atomic mass is 10.4. The summed E-state index contributed by atoms with van der Waals surface area (Å²) in [5.74, 6) is 1.79. The van der Waals surface area contributed by atoms with Gasteiger partial charge in [-0.25, -0.2) is 0 Å². The molecular formula is C30H59NS2Si4. The van der Waals surface area contributed by atoms with Crippen LogP contribution in [0.5, 0.6) is 0 Å². The maximum Gasteiger partial charge on any atom is 0.0806 e. The second-order valence-electron chi connectivity index (χ2n) is 11.5. The van der Waals surface area contributed by atoms with Crippen LogP contribution in [0.3, 0.4) is 0 Å². The first-order valence-electron chi connectivity index (χ1n) is 13.6. The van der Waals surface area contributed by atoms with Crippen molar-refractivity contribution in [1.82, 2.24) is 0 Å². The summed E-state index contributed by atoms with van der Waals surface area (Å²) in [6, 6.07) is 21.6. The highest BCUT2D eigenvalue weighted by Crippen LogP contribution is 2.15. The molecule has 0 spiro atoms. The molecule has 0 saturated carbocycles. The summed E-state index contributed by atoms with van der Waals surface area (Å²) in [5.41, 5.74) is 5.66. The molecule has 0 aliphatic heterocycles. The van der Waals surface area contributed by atoms with Crippen LogP contribution in [-0.4, -0.2) is 51.8 Å². The van der Waals surface area contributed by atoms with E-state index in [4.69, 9.17) is 5.73 Å². The van der Waals surface area contributed by atoms with Crippen molar-refractivity contribution < 1.29 is 0 Å². The first-order valence-corrected chi connectivity index (χ1v) is 27.0. The van der Waals surface area contributed by atoms with E-state index in [-0.39, 0.29) is 7.43 Å². The second-order valence-corrected chi connectivity index (χ2v) is 28.0. The van der Waals surface area contributed by atoms with Crippen LogP contribution in [0.15, 0.2) is 61.2 Å². The molecule has 2 aromatic carbocycles. The molecular weight excluding hydrogens is 551 g/mol. The smallest absolute Gasteiger partial charge is 0.0806 e. The lowest BCUT2D eigenvalue weighted by Crippen LogP contribution is -2.45. The minimum absolute atomic E-state index is 0. The Morgan fingerprint density at radius 3 is 1.30 bits per heavy atom. The Morgan fingerprint density at radius 1 is 0.730 bits per heavy atom. The molecule has 0 unspecified atom stereocenters. The molecule has 7 heteroatoms. The molecule has 0 amide bonds. The van der Waals surface area contributed by atoms with E-state index in [0.717, 1.165) is 24.5 Å². The fourth-order valence-corrected chi connectivity index (χ4v) is 11.2. The van der Waals surface area contributed by atoms with Gasteiger partial charge in [0.25, 0.3) is 0 Å². The minimum atomic E-state index is -1.28. The molecule has 0 aromatic heterocycles. The monoisotopic (exact) mass is 609 g/mol. The number of benzene rings is 2. The Balaban J connectivity index is 0. The highest BCUT2D eigenvalue weighted by atomic mass is 32.1. The Bertz CT molecular complexity index is 770. The lowest BCUT2D eigenvalue weighted by Gasteiger charge is -2.26. The first kappa shape index (κ1) is 38.9. The average molecular weight is 610 g/mol. The van der Waals surface area contributed by atoms with Gasteiger partial charge in [0.2, 0.25) is 0 Å². The van der Waals surface area contributed by atoms with Gasteiger partial charge >= 0.3 is 0 Å². The number of hydrogen-bond donors (Lipinski definition) is 3. The third-order valence-electron chi connectivity index (χ3n) is 6.81. The molecule has 0 aliphatic rings. The van der Waals surface area contributed by atoms with Crippen LogP contribution in [-0.2, 0) is 0 Å². The van der Waals surface area contributed by atoms with E-state index in [9.17, 15) is 0 Å². The Kier molecular flexibility index (Phi) is 21.6. The zero-order valence-electron chi connectivity index (χ0n) is 24.5. The fraction of sp³-hybridized carbons (Fsp3) is 0.533. The van der Waals surface area contributed by atoms with Crippen molar-refractivity contribution in [3.8, 4) is 0 Å². The van der Waals surface area contributed by atoms with Gasteiger partial charge in [0.1, 0.15) is 0 Å². The molecule has 2 N–H and O–H groups in total. The van der Waals surface area contributed by atoms with Crippen LogP contribution >= 0.6 is 25.3 Å². The maximum atomic E-state index is 5.66. The number of rotatable bonds is 11. The van der Waals surface area contributed by atoms with E-state index < -0.39 is 33.7 Å². The predicted molar refractivity (Wildman–Crippen MR) is 197 cm³/mol. The molecule has 0 heterocycles. The molecule has 1 nitrogen and oxygen atoms in total. The molecule has 0 bridgehead atoms. The van der Waals surface area contributed by atoms with Crippen molar-refractivity contribution in [3.05, 3.63) is 61.2 Å². The molecule has 0 aliphatic carbocycles. The van der Waals surface area contributed by atoms with Gasteiger partial charge in [0.05, 0.1) is 33.7 Å². The Morgan fingerprint density at radius 2 is 1.05 bits per heavy atom. The van der Waals surface area contributed by atoms with E-state index in [2.05, 4.69) is 133 Å². The second kappa shape index (κ2) is 20.6. The number of nitrogens with two attached hydrogens (primary N) is 1. The normalized spacial score (nSPS) is 11.2. The molecule has 2 aromatic rings. The molecule has 0 radical (unpaired) electrons. The summed E-state index contributed by atoms with van der Waals surface area (Å²) < 4.78 is 0. The van der Waals surface area contributed by atoms with Gasteiger partial charge in [-0.3, -0.25) is 0 Å². The number of thiol groups is 2. The van der Waals surface area contributed by atoms with Gasteiger partial charge in [0, 0.05) is 5.75 Å². The number of hydrogen-bond acceptors (Lipinski definition) is 3. The molecule has 37 heavy (non-hydrogen) atoms. The standard InChI is InChI=1S/C16H31NSSi2.C10H18Si2.C3H6S.CH4/c1-19(2,13-5-11-17)15-7-9-16(10-8-15)20(3,4)14-6-12-18;1-11(2)9-5-7-10(8-6-9)12(3)4;1-2-3-4;/h7-10,18H,5-6,11-14,17H2,1-4H3;5-8,11-12H,1-4H3;2,4H,1,3H2;1H4. The summed E-state index contributed by atoms with van der Waals surface area (Å²) >= 11 is 8.15. The van der Waals surface area contributed by atoms with Crippen LogP contribution in [0.1, 0.15) is 20.3 Å². The zero-order valence-corrected chi connectivity index (χ0v) is 30.6. The van der Waals surface area contributed by atoms with Crippen LogP contribution in [0.2, 0.25) is 64.5 Å². The molecule has 2 rings (SSSR count). The van der Waals surface area contributed by atoms with Crippen molar-refractivity contribution >= 4 is 79.7 Å². The minimum Gasteiger partial charge on any atom is -0.330 e. The van der Waals surface area contributed by atoms with Gasteiger partial charge in [-0.05, 0) is 25.1 Å². The molecule has 0 saturated heterocycles. The first-order chi connectivity index (χ1) is 16.9. The molecule has 0 atom stereocenters. The van der Waals surface area contributed by atoms with E-state index in [0.29, 0.717) is 0 Å². The average Bonchev–Trinajstić information content (AvgIpc) is 2.87. The van der Waals surface area contributed by atoms with Gasteiger partial charge in [-0.1, -0.05) is 147 Å². The van der Waals surface area contributed by atoms with E-state index in [1.165, 1.54) is 18.5 Å². The van der Waals surface area contributed by atoms with E-state index >= 15 is 0 Å². The maximum absolute atomic E-state index is 5.66. The zero-order chi connectivity index (χ0) is 27.8. The van der Waals surface area contributed by atoms with Crippen molar-refractivity contribution in [2.75, 3.05) is 18.1 Å². The topological polar surface area (TPSA) is 26.0 Å². The van der Waals surface area contributed by atoms with Gasteiger partial charge < -0.3 is 5.73 Å². The van der Waals surface area contributed by atoms with Crippen molar-refractivity contribution in [1.29, 1.82) is 0 Å². The van der Waals surface area contributed by atoms with Crippen LogP contribution in [0, 0.1) is 0 Å².